The van der Waals surface area contributed by atoms with Gasteiger partial charge in [0.15, 0.2) is 0 Å². The number of nitrogens with two attached hydrogens (primary N) is 1. The zero-order valence-corrected chi connectivity index (χ0v) is 7.14. The largest absolute Gasteiger partial charge is 0.327 e. The van der Waals surface area contributed by atoms with Crippen LogP contribution in [0.5, 0.6) is 0 Å². The van der Waals surface area contributed by atoms with Gasteiger partial charge in [-0.2, -0.15) is 0 Å². The summed E-state index contributed by atoms with van der Waals surface area (Å²) in [7, 11) is 0. The van der Waals surface area contributed by atoms with Gasteiger partial charge in [-0.25, -0.2) is 0 Å². The summed E-state index contributed by atoms with van der Waals surface area (Å²) in [6.07, 6.45) is 5.23. The molecule has 0 saturated heterocycles. The van der Waals surface area contributed by atoms with Crippen LogP contribution in [0.2, 0.25) is 0 Å². The third-order valence-electron chi connectivity index (χ3n) is 2.09. The van der Waals surface area contributed by atoms with E-state index < -0.39 is 0 Å². The molecule has 0 aromatic heterocycles. The van der Waals surface area contributed by atoms with Crippen LogP contribution in [0.15, 0.2) is 12.7 Å². The number of rotatable bonds is 5. The van der Waals surface area contributed by atoms with Crippen molar-refractivity contribution in [2.24, 2.45) is 11.7 Å². The second-order valence-corrected chi connectivity index (χ2v) is 2.76. The molecule has 0 heterocycles. The Labute approximate surface area is 64.3 Å². The predicted molar refractivity (Wildman–Crippen MR) is 46.9 cm³/mol. The predicted octanol–water partition coefficient (Wildman–Crippen LogP) is 2.33. The minimum Gasteiger partial charge on any atom is -0.327 e. The fourth-order valence-corrected chi connectivity index (χ4v) is 1.28. The molecule has 0 saturated carbocycles. The third kappa shape index (κ3) is 3.02. The van der Waals surface area contributed by atoms with Crippen molar-refractivity contribution in [3.63, 3.8) is 0 Å². The van der Waals surface area contributed by atoms with Crippen LogP contribution in [0.25, 0.3) is 0 Å². The molecule has 0 aliphatic carbocycles. The van der Waals surface area contributed by atoms with Crippen molar-refractivity contribution in [2.75, 3.05) is 0 Å². The Balaban J connectivity index is 3.63. The maximum absolute atomic E-state index is 5.88. The zero-order chi connectivity index (χ0) is 7.98. The van der Waals surface area contributed by atoms with Crippen molar-refractivity contribution in [1.82, 2.24) is 0 Å². The van der Waals surface area contributed by atoms with Crippen molar-refractivity contribution in [2.45, 2.75) is 39.2 Å². The molecule has 0 radical (unpaired) electrons. The monoisotopic (exact) mass is 141 g/mol. The summed E-state index contributed by atoms with van der Waals surface area (Å²) in [4.78, 5) is 0. The summed E-state index contributed by atoms with van der Waals surface area (Å²) in [6.45, 7) is 8.05. The molecule has 0 aromatic carbocycles. The lowest BCUT2D eigenvalue weighted by Crippen LogP contribution is -2.28. The maximum atomic E-state index is 5.88. The van der Waals surface area contributed by atoms with E-state index in [0.29, 0.717) is 12.0 Å². The first-order chi connectivity index (χ1) is 4.76. The second kappa shape index (κ2) is 5.48. The van der Waals surface area contributed by atoms with E-state index in [1.54, 1.807) is 0 Å². The molecule has 0 rings (SSSR count). The molecular formula is C9H19N. The minimum atomic E-state index is 0.326. The van der Waals surface area contributed by atoms with E-state index in [1.165, 1.54) is 12.8 Å². The molecule has 0 amide bonds. The van der Waals surface area contributed by atoms with Crippen molar-refractivity contribution >= 4 is 0 Å². The fraction of sp³-hybridized carbons (Fsp3) is 0.778. The highest BCUT2D eigenvalue weighted by Crippen LogP contribution is 2.13. The Morgan fingerprint density at radius 3 is 2.20 bits per heavy atom. The van der Waals surface area contributed by atoms with Crippen LogP contribution in [0.4, 0.5) is 0 Å². The van der Waals surface area contributed by atoms with Gasteiger partial charge in [-0.15, -0.1) is 6.58 Å². The van der Waals surface area contributed by atoms with Crippen molar-refractivity contribution < 1.29 is 0 Å². The summed E-state index contributed by atoms with van der Waals surface area (Å²) >= 11 is 0. The van der Waals surface area contributed by atoms with Crippen molar-refractivity contribution in [3.05, 3.63) is 12.7 Å². The van der Waals surface area contributed by atoms with E-state index in [9.17, 15) is 0 Å². The molecule has 0 bridgehead atoms. The normalized spacial score (nSPS) is 13.6. The topological polar surface area (TPSA) is 26.0 Å². The van der Waals surface area contributed by atoms with Gasteiger partial charge < -0.3 is 5.73 Å². The van der Waals surface area contributed by atoms with Crippen molar-refractivity contribution in [3.8, 4) is 0 Å². The number of hydrogen-bond donors (Lipinski definition) is 1. The van der Waals surface area contributed by atoms with E-state index in [1.807, 2.05) is 6.08 Å². The van der Waals surface area contributed by atoms with Crippen LogP contribution in [0, 0.1) is 5.92 Å². The highest BCUT2D eigenvalue weighted by molar-refractivity contribution is 4.79. The van der Waals surface area contributed by atoms with Gasteiger partial charge in [0.05, 0.1) is 0 Å². The molecule has 0 aromatic rings. The SMILES string of the molecule is C=CCC(N)C(CC)CC. The van der Waals surface area contributed by atoms with Gasteiger partial charge in [-0.3, -0.25) is 0 Å². The molecular weight excluding hydrogens is 122 g/mol. The van der Waals surface area contributed by atoms with Crippen LogP contribution in [0.1, 0.15) is 33.1 Å². The molecule has 0 aliphatic heterocycles. The molecule has 1 unspecified atom stereocenters. The van der Waals surface area contributed by atoms with Crippen LogP contribution >= 0.6 is 0 Å². The van der Waals surface area contributed by atoms with Gasteiger partial charge in [0.1, 0.15) is 0 Å². The standard InChI is InChI=1S/C9H19N/c1-4-7-9(10)8(5-2)6-3/h4,8-9H,1,5-7,10H2,2-3H3. The summed E-state index contributed by atoms with van der Waals surface area (Å²) < 4.78 is 0. The Kier molecular flexibility index (Phi) is 5.32. The molecule has 10 heavy (non-hydrogen) atoms. The van der Waals surface area contributed by atoms with Crippen molar-refractivity contribution in [1.29, 1.82) is 0 Å². The number of hydrogen-bond acceptors (Lipinski definition) is 1. The highest BCUT2D eigenvalue weighted by Gasteiger charge is 2.11. The molecule has 0 fully saturated rings. The van der Waals surface area contributed by atoms with E-state index in [4.69, 9.17) is 5.73 Å². The van der Waals surface area contributed by atoms with Gasteiger partial charge in [-0.05, 0) is 12.3 Å². The smallest absolute Gasteiger partial charge is 0.0102 e. The second-order valence-electron chi connectivity index (χ2n) is 2.76. The minimum absolute atomic E-state index is 0.326. The molecule has 60 valence electrons. The van der Waals surface area contributed by atoms with Gasteiger partial charge in [0.25, 0.3) is 0 Å². The van der Waals surface area contributed by atoms with E-state index >= 15 is 0 Å². The van der Waals surface area contributed by atoms with Gasteiger partial charge in [-0.1, -0.05) is 32.8 Å². The first kappa shape index (κ1) is 9.70. The molecule has 1 heteroatoms. The lowest BCUT2D eigenvalue weighted by molar-refractivity contribution is 0.398. The maximum Gasteiger partial charge on any atom is 0.0102 e. The Bertz CT molecular complexity index is 84.7. The Hall–Kier alpha value is -0.300. The van der Waals surface area contributed by atoms with E-state index in [2.05, 4.69) is 20.4 Å². The van der Waals surface area contributed by atoms with Gasteiger partial charge in [0, 0.05) is 6.04 Å². The summed E-state index contributed by atoms with van der Waals surface area (Å²) in [5.74, 6) is 0.679. The fourth-order valence-electron chi connectivity index (χ4n) is 1.28. The lowest BCUT2D eigenvalue weighted by atomic mass is 9.93. The molecule has 1 nitrogen and oxygen atoms in total. The Morgan fingerprint density at radius 2 is 1.90 bits per heavy atom. The van der Waals surface area contributed by atoms with Crippen LogP contribution < -0.4 is 5.73 Å². The van der Waals surface area contributed by atoms with Crippen LogP contribution in [0.3, 0.4) is 0 Å². The molecule has 0 aliphatic rings. The Morgan fingerprint density at radius 1 is 1.40 bits per heavy atom. The quantitative estimate of drug-likeness (QED) is 0.584. The molecule has 0 spiro atoms. The molecule has 2 N–H and O–H groups in total. The lowest BCUT2D eigenvalue weighted by Gasteiger charge is -2.19. The van der Waals surface area contributed by atoms with Gasteiger partial charge >= 0.3 is 0 Å². The highest BCUT2D eigenvalue weighted by atomic mass is 14.6. The van der Waals surface area contributed by atoms with Crippen LogP contribution in [-0.4, -0.2) is 6.04 Å². The first-order valence-corrected chi connectivity index (χ1v) is 4.12. The summed E-state index contributed by atoms with van der Waals surface area (Å²) in [5.41, 5.74) is 5.88. The zero-order valence-electron chi connectivity index (χ0n) is 7.14. The summed E-state index contributed by atoms with van der Waals surface area (Å²) in [6, 6.07) is 0.326. The van der Waals surface area contributed by atoms with E-state index in [0.717, 1.165) is 6.42 Å². The van der Waals surface area contributed by atoms with E-state index in [-0.39, 0.29) is 0 Å². The van der Waals surface area contributed by atoms with Crippen LogP contribution in [-0.2, 0) is 0 Å². The first-order valence-electron chi connectivity index (χ1n) is 4.12. The summed E-state index contributed by atoms with van der Waals surface area (Å²) in [5, 5.41) is 0. The molecule has 1 atom stereocenters. The average molecular weight is 141 g/mol. The third-order valence-corrected chi connectivity index (χ3v) is 2.09. The van der Waals surface area contributed by atoms with Gasteiger partial charge in [0.2, 0.25) is 0 Å². The average Bonchev–Trinajstić information content (AvgIpc) is 1.91.